The topological polar surface area (TPSA) is 20.3 Å². The van der Waals surface area contributed by atoms with Crippen LogP contribution < -0.4 is 4.90 Å². The molecule has 1 aromatic carbocycles. The molecule has 0 N–H and O–H groups in total. The molecule has 15 heavy (non-hydrogen) atoms. The Bertz CT molecular complexity index is 387. The van der Waals surface area contributed by atoms with Crippen LogP contribution in [0.2, 0.25) is 5.02 Å². The standard InChI is InChI=1S/C12H14ClNO/c1-9(2)7-14(3)11-5-4-10(8-15)12(13)6-11/h4-6,8H,1,7H2,2-3H3. The monoisotopic (exact) mass is 223 g/mol. The van der Waals surface area contributed by atoms with Gasteiger partial charge in [-0.3, -0.25) is 4.79 Å². The predicted molar refractivity (Wildman–Crippen MR) is 64.9 cm³/mol. The largest absolute Gasteiger partial charge is 0.371 e. The van der Waals surface area contributed by atoms with Gasteiger partial charge >= 0.3 is 0 Å². The van der Waals surface area contributed by atoms with Crippen molar-refractivity contribution in [2.45, 2.75) is 6.92 Å². The van der Waals surface area contributed by atoms with Gasteiger partial charge in [-0.05, 0) is 25.1 Å². The van der Waals surface area contributed by atoms with Crippen molar-refractivity contribution in [3.05, 3.63) is 40.9 Å². The highest BCUT2D eigenvalue weighted by Crippen LogP contribution is 2.22. The Kier molecular flexibility index (Phi) is 3.92. The Balaban J connectivity index is 2.91. The fourth-order valence-corrected chi connectivity index (χ4v) is 1.56. The maximum absolute atomic E-state index is 10.6. The summed E-state index contributed by atoms with van der Waals surface area (Å²) in [5, 5.41) is 0.482. The number of carbonyl (C=O) groups excluding carboxylic acids is 1. The Morgan fingerprint density at radius 3 is 2.73 bits per heavy atom. The zero-order valence-electron chi connectivity index (χ0n) is 8.96. The van der Waals surface area contributed by atoms with Gasteiger partial charge in [-0.25, -0.2) is 0 Å². The molecule has 80 valence electrons. The lowest BCUT2D eigenvalue weighted by Gasteiger charge is -2.19. The average molecular weight is 224 g/mol. The van der Waals surface area contributed by atoms with E-state index in [1.807, 2.05) is 24.9 Å². The molecule has 0 saturated carbocycles. The van der Waals surface area contributed by atoms with Crippen LogP contribution in [0.1, 0.15) is 17.3 Å². The van der Waals surface area contributed by atoms with Crippen LogP contribution in [0.4, 0.5) is 5.69 Å². The van der Waals surface area contributed by atoms with Crippen LogP contribution in [0.3, 0.4) is 0 Å². The normalized spacial score (nSPS) is 9.80. The van der Waals surface area contributed by atoms with Gasteiger partial charge in [-0.2, -0.15) is 0 Å². The Labute approximate surface area is 95.2 Å². The molecule has 0 aliphatic carbocycles. The van der Waals surface area contributed by atoms with Crippen LogP contribution in [0, 0.1) is 0 Å². The minimum Gasteiger partial charge on any atom is -0.371 e. The second-order valence-corrected chi connectivity index (χ2v) is 4.04. The summed E-state index contributed by atoms with van der Waals surface area (Å²) in [7, 11) is 1.96. The molecule has 0 aliphatic heterocycles. The molecule has 0 atom stereocenters. The zero-order chi connectivity index (χ0) is 11.4. The summed E-state index contributed by atoms with van der Waals surface area (Å²) >= 11 is 5.93. The minimum atomic E-state index is 0.482. The Morgan fingerprint density at radius 2 is 2.27 bits per heavy atom. The third kappa shape index (κ3) is 3.10. The van der Waals surface area contributed by atoms with E-state index >= 15 is 0 Å². The number of rotatable bonds is 4. The molecule has 0 aromatic heterocycles. The number of carbonyl (C=O) groups is 1. The van der Waals surface area contributed by atoms with Gasteiger partial charge in [0, 0.05) is 24.8 Å². The van der Waals surface area contributed by atoms with Crippen LogP contribution in [0.15, 0.2) is 30.4 Å². The van der Waals surface area contributed by atoms with Gasteiger partial charge in [0.15, 0.2) is 6.29 Å². The molecule has 0 fully saturated rings. The lowest BCUT2D eigenvalue weighted by Crippen LogP contribution is -2.18. The molecule has 0 heterocycles. The van der Waals surface area contributed by atoms with Crippen molar-refractivity contribution < 1.29 is 4.79 Å². The van der Waals surface area contributed by atoms with Crippen molar-refractivity contribution >= 4 is 23.6 Å². The van der Waals surface area contributed by atoms with E-state index < -0.39 is 0 Å². The highest BCUT2D eigenvalue weighted by molar-refractivity contribution is 6.33. The summed E-state index contributed by atoms with van der Waals surface area (Å²) in [5.41, 5.74) is 2.57. The summed E-state index contributed by atoms with van der Waals surface area (Å²) in [6, 6.07) is 5.38. The molecule has 3 heteroatoms. The molecular formula is C12H14ClNO. The highest BCUT2D eigenvalue weighted by Gasteiger charge is 2.04. The van der Waals surface area contributed by atoms with Crippen LogP contribution in [-0.2, 0) is 0 Å². The van der Waals surface area contributed by atoms with E-state index in [0.29, 0.717) is 10.6 Å². The SMILES string of the molecule is C=C(C)CN(C)c1ccc(C=O)c(Cl)c1. The third-order valence-electron chi connectivity index (χ3n) is 2.06. The molecule has 0 aliphatic rings. The number of nitrogens with zero attached hydrogens (tertiary/aromatic N) is 1. The lowest BCUT2D eigenvalue weighted by atomic mass is 10.2. The second kappa shape index (κ2) is 4.99. The lowest BCUT2D eigenvalue weighted by molar-refractivity contribution is 0.112. The first-order valence-corrected chi connectivity index (χ1v) is 5.02. The van der Waals surface area contributed by atoms with Gasteiger partial charge in [0.25, 0.3) is 0 Å². The Morgan fingerprint density at radius 1 is 1.60 bits per heavy atom. The van der Waals surface area contributed by atoms with E-state index in [-0.39, 0.29) is 0 Å². The van der Waals surface area contributed by atoms with Crippen molar-refractivity contribution in [3.63, 3.8) is 0 Å². The number of hydrogen-bond acceptors (Lipinski definition) is 2. The van der Waals surface area contributed by atoms with Crippen molar-refractivity contribution in [1.29, 1.82) is 0 Å². The summed E-state index contributed by atoms with van der Waals surface area (Å²) in [6.45, 7) is 6.59. The van der Waals surface area contributed by atoms with Gasteiger partial charge in [-0.15, -0.1) is 0 Å². The van der Waals surface area contributed by atoms with Gasteiger partial charge in [0.2, 0.25) is 0 Å². The fraction of sp³-hybridized carbons (Fsp3) is 0.250. The number of anilines is 1. The average Bonchev–Trinajstić information content (AvgIpc) is 2.16. The molecule has 0 radical (unpaired) electrons. The third-order valence-corrected chi connectivity index (χ3v) is 2.39. The van der Waals surface area contributed by atoms with E-state index in [4.69, 9.17) is 11.6 Å². The molecule has 2 nitrogen and oxygen atoms in total. The predicted octanol–water partition coefficient (Wildman–Crippen LogP) is 3.16. The molecule has 0 spiro atoms. The maximum atomic E-state index is 10.6. The molecule has 1 aromatic rings. The van der Waals surface area contributed by atoms with Gasteiger partial charge in [0.1, 0.15) is 0 Å². The van der Waals surface area contributed by atoms with Crippen LogP contribution >= 0.6 is 11.6 Å². The number of benzene rings is 1. The van der Waals surface area contributed by atoms with Crippen molar-refractivity contribution in [3.8, 4) is 0 Å². The van der Waals surface area contributed by atoms with Crippen LogP contribution in [-0.4, -0.2) is 19.9 Å². The smallest absolute Gasteiger partial charge is 0.151 e. The van der Waals surface area contributed by atoms with E-state index in [1.165, 1.54) is 0 Å². The fourth-order valence-electron chi connectivity index (χ4n) is 1.35. The number of halogens is 1. The van der Waals surface area contributed by atoms with E-state index in [1.54, 1.807) is 12.1 Å². The molecule has 0 bridgehead atoms. The first-order chi connectivity index (χ1) is 7.04. The van der Waals surface area contributed by atoms with Crippen molar-refractivity contribution in [2.75, 3.05) is 18.5 Å². The van der Waals surface area contributed by atoms with Crippen LogP contribution in [0.5, 0.6) is 0 Å². The number of likely N-dealkylation sites (N-methyl/N-ethyl adjacent to an activating group) is 1. The summed E-state index contributed by atoms with van der Waals surface area (Å²) in [5.74, 6) is 0. The molecule has 1 rings (SSSR count). The van der Waals surface area contributed by atoms with Crippen LogP contribution in [0.25, 0.3) is 0 Å². The van der Waals surface area contributed by atoms with E-state index in [9.17, 15) is 4.79 Å². The van der Waals surface area contributed by atoms with E-state index in [0.717, 1.165) is 24.1 Å². The number of aldehydes is 1. The first-order valence-electron chi connectivity index (χ1n) is 4.65. The Hall–Kier alpha value is -1.28. The quantitative estimate of drug-likeness (QED) is 0.577. The summed E-state index contributed by atoms with van der Waals surface area (Å²) < 4.78 is 0. The van der Waals surface area contributed by atoms with E-state index in [2.05, 4.69) is 6.58 Å². The first kappa shape index (κ1) is 11.8. The van der Waals surface area contributed by atoms with Crippen molar-refractivity contribution in [2.24, 2.45) is 0 Å². The minimum absolute atomic E-state index is 0.482. The second-order valence-electron chi connectivity index (χ2n) is 3.64. The van der Waals surface area contributed by atoms with Gasteiger partial charge in [-0.1, -0.05) is 23.8 Å². The van der Waals surface area contributed by atoms with Crippen molar-refractivity contribution in [1.82, 2.24) is 0 Å². The zero-order valence-corrected chi connectivity index (χ0v) is 9.71. The molecular weight excluding hydrogens is 210 g/mol. The molecule has 0 amide bonds. The van der Waals surface area contributed by atoms with Gasteiger partial charge < -0.3 is 4.90 Å². The summed E-state index contributed by atoms with van der Waals surface area (Å²) in [4.78, 5) is 12.6. The molecule has 0 saturated heterocycles. The molecule has 0 unspecified atom stereocenters. The highest BCUT2D eigenvalue weighted by atomic mass is 35.5. The van der Waals surface area contributed by atoms with Gasteiger partial charge in [0.05, 0.1) is 5.02 Å². The maximum Gasteiger partial charge on any atom is 0.151 e. The number of hydrogen-bond donors (Lipinski definition) is 0. The summed E-state index contributed by atoms with van der Waals surface area (Å²) in [6.07, 6.45) is 0.755.